The van der Waals surface area contributed by atoms with E-state index in [1.807, 2.05) is 0 Å². The van der Waals surface area contributed by atoms with Crippen molar-refractivity contribution in [1.29, 1.82) is 0 Å². The second-order valence-electron chi connectivity index (χ2n) is 2.40. The molecule has 3 nitrogen and oxygen atoms in total. The molecule has 1 saturated heterocycles. The number of nitrogens with zero attached hydrogens (tertiary/aromatic N) is 1. The molecule has 0 unspecified atom stereocenters. The lowest BCUT2D eigenvalue weighted by Crippen LogP contribution is -2.62. The summed E-state index contributed by atoms with van der Waals surface area (Å²) in [5.41, 5.74) is -0.505. The minimum absolute atomic E-state index is 0.505. The van der Waals surface area contributed by atoms with Gasteiger partial charge < -0.3 is 5.11 Å². The number of hydrogen-bond donors (Lipinski definition) is 2. The highest BCUT2D eigenvalue weighted by molar-refractivity contribution is 4.87. The predicted molar refractivity (Wildman–Crippen MR) is 26.4 cm³/mol. The van der Waals surface area contributed by atoms with E-state index in [0.29, 0.717) is 13.1 Å². The predicted octanol–water partition coefficient (Wildman–Crippen LogP) is -1.07. The van der Waals surface area contributed by atoms with Gasteiger partial charge in [-0.25, -0.2) is 5.01 Å². The Balaban J connectivity index is 2.29. The molecule has 7 heavy (non-hydrogen) atoms. The number of nitrogens with two attached hydrogens (primary N) is 1. The third-order valence-corrected chi connectivity index (χ3v) is 1.09. The molecule has 0 spiro atoms. The Bertz CT molecular complexity index is 73.8. The van der Waals surface area contributed by atoms with Crippen LogP contribution in [0.1, 0.15) is 6.92 Å². The first-order chi connectivity index (χ1) is 3.10. The summed E-state index contributed by atoms with van der Waals surface area (Å²) in [7, 11) is 0. The van der Waals surface area contributed by atoms with E-state index in [9.17, 15) is 0 Å². The van der Waals surface area contributed by atoms with Gasteiger partial charge in [0.05, 0.1) is 5.60 Å². The van der Waals surface area contributed by atoms with Crippen molar-refractivity contribution in [3.63, 3.8) is 0 Å². The molecule has 3 heteroatoms. The first-order valence-electron chi connectivity index (χ1n) is 2.32. The van der Waals surface area contributed by atoms with E-state index in [2.05, 4.69) is 0 Å². The second-order valence-corrected chi connectivity index (χ2v) is 2.40. The van der Waals surface area contributed by atoms with Gasteiger partial charge in [-0.15, -0.1) is 0 Å². The molecule has 1 aliphatic heterocycles. The molecule has 0 aliphatic carbocycles. The van der Waals surface area contributed by atoms with E-state index in [1.54, 1.807) is 11.9 Å². The van der Waals surface area contributed by atoms with Crippen molar-refractivity contribution in [3.8, 4) is 0 Å². The van der Waals surface area contributed by atoms with Crippen molar-refractivity contribution in [3.05, 3.63) is 0 Å². The number of rotatable bonds is 0. The quantitative estimate of drug-likeness (QED) is 0.383. The fourth-order valence-corrected chi connectivity index (χ4v) is 0.829. The highest BCUT2D eigenvalue weighted by Gasteiger charge is 2.34. The molecule has 1 aliphatic rings. The third-order valence-electron chi connectivity index (χ3n) is 1.09. The van der Waals surface area contributed by atoms with Crippen molar-refractivity contribution < 1.29 is 5.11 Å². The summed E-state index contributed by atoms with van der Waals surface area (Å²) in [5, 5.41) is 10.5. The Kier molecular flexibility index (Phi) is 0.849. The lowest BCUT2D eigenvalue weighted by Gasteiger charge is -2.40. The maximum atomic E-state index is 8.96. The summed E-state index contributed by atoms with van der Waals surface area (Å²) in [6.07, 6.45) is 0. The molecule has 0 aromatic rings. The van der Waals surface area contributed by atoms with Crippen LogP contribution in [0.2, 0.25) is 0 Å². The van der Waals surface area contributed by atoms with Crippen LogP contribution in [0.15, 0.2) is 0 Å². The van der Waals surface area contributed by atoms with Crippen LogP contribution in [0, 0.1) is 0 Å². The highest BCUT2D eigenvalue weighted by Crippen LogP contribution is 2.14. The largest absolute Gasteiger partial charge is 0.387 e. The van der Waals surface area contributed by atoms with Crippen molar-refractivity contribution in [1.82, 2.24) is 5.01 Å². The first kappa shape index (κ1) is 5.03. The Labute approximate surface area is 42.7 Å². The maximum absolute atomic E-state index is 8.96. The zero-order valence-corrected chi connectivity index (χ0v) is 4.39. The van der Waals surface area contributed by atoms with Crippen LogP contribution in [-0.2, 0) is 0 Å². The zero-order valence-electron chi connectivity index (χ0n) is 4.39. The highest BCUT2D eigenvalue weighted by atomic mass is 16.3. The molecule has 0 aromatic heterocycles. The second kappa shape index (κ2) is 1.18. The van der Waals surface area contributed by atoms with Gasteiger partial charge in [-0.05, 0) is 6.92 Å². The molecular formula is C4H10N2O. The number of hydrazine groups is 1. The van der Waals surface area contributed by atoms with Crippen LogP contribution in [-0.4, -0.2) is 28.8 Å². The Morgan fingerprint density at radius 1 is 1.71 bits per heavy atom. The molecule has 1 rings (SSSR count). The summed E-state index contributed by atoms with van der Waals surface area (Å²) >= 11 is 0. The topological polar surface area (TPSA) is 49.5 Å². The van der Waals surface area contributed by atoms with Gasteiger partial charge in [0.2, 0.25) is 0 Å². The summed E-state index contributed by atoms with van der Waals surface area (Å²) in [6.45, 7) is 2.98. The van der Waals surface area contributed by atoms with E-state index < -0.39 is 5.60 Å². The van der Waals surface area contributed by atoms with E-state index in [4.69, 9.17) is 10.9 Å². The van der Waals surface area contributed by atoms with Gasteiger partial charge in [0.15, 0.2) is 0 Å². The zero-order chi connectivity index (χ0) is 5.49. The minimum atomic E-state index is -0.505. The number of hydrogen-bond acceptors (Lipinski definition) is 3. The van der Waals surface area contributed by atoms with Gasteiger partial charge >= 0.3 is 0 Å². The Morgan fingerprint density at radius 3 is 2.14 bits per heavy atom. The van der Waals surface area contributed by atoms with Gasteiger partial charge in [-0.3, -0.25) is 5.84 Å². The smallest absolute Gasteiger partial charge is 0.0900 e. The minimum Gasteiger partial charge on any atom is -0.387 e. The van der Waals surface area contributed by atoms with E-state index in [-0.39, 0.29) is 0 Å². The molecule has 1 fully saturated rings. The normalized spacial score (nSPS) is 29.6. The summed E-state index contributed by atoms with van der Waals surface area (Å²) in [6, 6.07) is 0. The van der Waals surface area contributed by atoms with Gasteiger partial charge in [0.1, 0.15) is 0 Å². The van der Waals surface area contributed by atoms with Crippen LogP contribution >= 0.6 is 0 Å². The maximum Gasteiger partial charge on any atom is 0.0900 e. The number of aliphatic hydroxyl groups is 1. The molecule has 3 N–H and O–H groups in total. The molecule has 0 atom stereocenters. The molecule has 0 saturated carbocycles. The SMILES string of the molecule is CC1(O)CN(N)C1. The standard InChI is InChI=1S/C4H10N2O/c1-4(7)2-6(5)3-4/h7H,2-3,5H2,1H3. The average molecular weight is 102 g/mol. The fourth-order valence-electron chi connectivity index (χ4n) is 0.829. The van der Waals surface area contributed by atoms with E-state index in [1.165, 1.54) is 0 Å². The average Bonchev–Trinajstić information content (AvgIpc) is 1.27. The lowest BCUT2D eigenvalue weighted by atomic mass is 10.00. The molecule has 0 amide bonds. The summed E-state index contributed by atoms with van der Waals surface area (Å²) in [4.78, 5) is 0. The Morgan fingerprint density at radius 2 is 2.14 bits per heavy atom. The van der Waals surface area contributed by atoms with Crippen LogP contribution in [0.3, 0.4) is 0 Å². The molecule has 42 valence electrons. The van der Waals surface area contributed by atoms with E-state index >= 15 is 0 Å². The number of β-amino-alcohol motifs (C(OH)–C–C–N with tert-alkyl or cyclic N) is 1. The van der Waals surface area contributed by atoms with Gasteiger partial charge in [0, 0.05) is 13.1 Å². The third kappa shape index (κ3) is 0.907. The van der Waals surface area contributed by atoms with Crippen LogP contribution in [0.5, 0.6) is 0 Å². The van der Waals surface area contributed by atoms with Crippen molar-refractivity contribution in [2.24, 2.45) is 5.84 Å². The lowest BCUT2D eigenvalue weighted by molar-refractivity contribution is -0.0839. The summed E-state index contributed by atoms with van der Waals surface area (Å²) < 4.78 is 0. The molecule has 0 bridgehead atoms. The van der Waals surface area contributed by atoms with Gasteiger partial charge in [-0.1, -0.05) is 0 Å². The van der Waals surface area contributed by atoms with Crippen molar-refractivity contribution >= 4 is 0 Å². The molecule has 1 heterocycles. The van der Waals surface area contributed by atoms with Crippen LogP contribution in [0.25, 0.3) is 0 Å². The van der Waals surface area contributed by atoms with Gasteiger partial charge in [-0.2, -0.15) is 0 Å². The van der Waals surface area contributed by atoms with Gasteiger partial charge in [0.25, 0.3) is 0 Å². The molecular weight excluding hydrogens is 92.1 g/mol. The molecule has 0 radical (unpaired) electrons. The van der Waals surface area contributed by atoms with Crippen LogP contribution in [0.4, 0.5) is 0 Å². The van der Waals surface area contributed by atoms with E-state index in [0.717, 1.165) is 0 Å². The summed E-state index contributed by atoms with van der Waals surface area (Å²) in [5.74, 6) is 5.23. The fraction of sp³-hybridized carbons (Fsp3) is 1.00. The first-order valence-corrected chi connectivity index (χ1v) is 2.32. The van der Waals surface area contributed by atoms with Crippen LogP contribution < -0.4 is 5.84 Å². The Hall–Kier alpha value is -0.120. The van der Waals surface area contributed by atoms with Crippen molar-refractivity contribution in [2.75, 3.05) is 13.1 Å². The monoisotopic (exact) mass is 102 g/mol. The molecule has 0 aromatic carbocycles. The van der Waals surface area contributed by atoms with Crippen molar-refractivity contribution in [2.45, 2.75) is 12.5 Å².